The Labute approximate surface area is 124 Å². The summed E-state index contributed by atoms with van der Waals surface area (Å²) in [5, 5.41) is 15.0. The minimum atomic E-state index is -0.358. The van der Waals surface area contributed by atoms with E-state index >= 15 is 0 Å². The zero-order valence-corrected chi connectivity index (χ0v) is 12.4. The molecule has 1 aliphatic rings. The molecule has 20 heavy (non-hydrogen) atoms. The van der Waals surface area contributed by atoms with E-state index in [4.69, 9.17) is 11.6 Å². The molecule has 1 aliphatic heterocycles. The van der Waals surface area contributed by atoms with Crippen LogP contribution in [0.3, 0.4) is 0 Å². The van der Waals surface area contributed by atoms with Gasteiger partial charge in [-0.25, -0.2) is 0 Å². The third kappa shape index (κ3) is 3.69. The Kier molecular flexibility index (Phi) is 5.34. The first kappa shape index (κ1) is 15.2. The van der Waals surface area contributed by atoms with Gasteiger partial charge in [-0.05, 0) is 32.0 Å². The number of hydrogen-bond acceptors (Lipinski definition) is 4. The van der Waals surface area contributed by atoms with Crippen LogP contribution in [0.25, 0.3) is 0 Å². The largest absolute Gasteiger partial charge is 0.313 e. The minimum Gasteiger partial charge on any atom is -0.313 e. The van der Waals surface area contributed by atoms with Crippen molar-refractivity contribution in [3.63, 3.8) is 0 Å². The lowest BCUT2D eigenvalue weighted by molar-refractivity contribution is -0.385. The Morgan fingerprint density at radius 1 is 1.55 bits per heavy atom. The summed E-state index contributed by atoms with van der Waals surface area (Å²) in [7, 11) is 0. The van der Waals surface area contributed by atoms with Gasteiger partial charge in [-0.2, -0.15) is 0 Å². The molecule has 0 aliphatic carbocycles. The minimum absolute atomic E-state index is 0.107. The molecule has 0 aromatic heterocycles. The van der Waals surface area contributed by atoms with Crippen LogP contribution in [0.5, 0.6) is 0 Å². The zero-order chi connectivity index (χ0) is 14.5. The molecule has 1 atom stereocenters. The Hall–Kier alpha value is -1.17. The van der Waals surface area contributed by atoms with Crippen LogP contribution in [0.15, 0.2) is 18.2 Å². The summed E-state index contributed by atoms with van der Waals surface area (Å²) >= 11 is 6.14. The SMILES string of the molecule is CCN(Cc1c(Cl)cccc1[N+](=O)[O-])CC1CCCN1. The molecule has 5 nitrogen and oxygen atoms in total. The van der Waals surface area contributed by atoms with Crippen molar-refractivity contribution >= 4 is 17.3 Å². The predicted octanol–water partition coefficient (Wildman–Crippen LogP) is 2.82. The highest BCUT2D eigenvalue weighted by Crippen LogP contribution is 2.27. The quantitative estimate of drug-likeness (QED) is 0.648. The van der Waals surface area contributed by atoms with Crippen LogP contribution in [0, 0.1) is 10.1 Å². The van der Waals surface area contributed by atoms with Gasteiger partial charge in [-0.1, -0.05) is 24.6 Å². The maximum absolute atomic E-state index is 11.1. The average Bonchev–Trinajstić information content (AvgIpc) is 2.92. The van der Waals surface area contributed by atoms with E-state index in [1.165, 1.54) is 18.9 Å². The molecule has 1 heterocycles. The van der Waals surface area contributed by atoms with Crippen LogP contribution >= 0.6 is 11.6 Å². The van der Waals surface area contributed by atoms with Gasteiger partial charge in [0.05, 0.1) is 15.5 Å². The van der Waals surface area contributed by atoms with Gasteiger partial charge in [0.2, 0.25) is 0 Å². The Morgan fingerprint density at radius 3 is 2.95 bits per heavy atom. The summed E-state index contributed by atoms with van der Waals surface area (Å²) < 4.78 is 0. The lowest BCUT2D eigenvalue weighted by Gasteiger charge is -2.24. The van der Waals surface area contributed by atoms with Gasteiger partial charge < -0.3 is 5.32 Å². The molecule has 1 aromatic carbocycles. The van der Waals surface area contributed by atoms with Crippen LogP contribution in [0.1, 0.15) is 25.3 Å². The van der Waals surface area contributed by atoms with E-state index in [9.17, 15) is 10.1 Å². The molecule has 0 amide bonds. The third-order valence-corrected chi connectivity index (χ3v) is 4.11. The van der Waals surface area contributed by atoms with Crippen LogP contribution in [-0.2, 0) is 6.54 Å². The summed E-state index contributed by atoms with van der Waals surface area (Å²) in [6.45, 7) is 5.40. The van der Waals surface area contributed by atoms with Crippen molar-refractivity contribution in [1.82, 2.24) is 10.2 Å². The van der Waals surface area contributed by atoms with Gasteiger partial charge >= 0.3 is 0 Å². The molecular formula is C14H20ClN3O2. The summed E-state index contributed by atoms with van der Waals surface area (Å²) in [4.78, 5) is 13.0. The van der Waals surface area contributed by atoms with Crippen molar-refractivity contribution in [2.24, 2.45) is 0 Å². The van der Waals surface area contributed by atoms with E-state index < -0.39 is 0 Å². The van der Waals surface area contributed by atoms with Crippen molar-refractivity contribution in [3.8, 4) is 0 Å². The van der Waals surface area contributed by atoms with Crippen molar-refractivity contribution in [3.05, 3.63) is 38.9 Å². The van der Waals surface area contributed by atoms with Gasteiger partial charge in [-0.3, -0.25) is 15.0 Å². The number of nitro benzene ring substituents is 1. The number of hydrogen-bond donors (Lipinski definition) is 1. The molecule has 1 aromatic rings. The third-order valence-electron chi connectivity index (χ3n) is 3.76. The van der Waals surface area contributed by atoms with Gasteiger partial charge in [0, 0.05) is 25.2 Å². The predicted molar refractivity (Wildman–Crippen MR) is 80.1 cm³/mol. The number of halogens is 1. The highest BCUT2D eigenvalue weighted by molar-refractivity contribution is 6.31. The molecule has 2 rings (SSSR count). The lowest BCUT2D eigenvalue weighted by atomic mass is 10.1. The van der Waals surface area contributed by atoms with E-state index in [1.807, 2.05) is 0 Å². The fourth-order valence-corrected chi connectivity index (χ4v) is 2.86. The number of nitrogens with zero attached hydrogens (tertiary/aromatic N) is 2. The van der Waals surface area contributed by atoms with E-state index in [2.05, 4.69) is 17.1 Å². The molecule has 1 N–H and O–H groups in total. The molecule has 110 valence electrons. The summed E-state index contributed by atoms with van der Waals surface area (Å²) in [5.41, 5.74) is 0.717. The molecule has 0 spiro atoms. The highest BCUT2D eigenvalue weighted by atomic mass is 35.5. The number of benzene rings is 1. The number of rotatable bonds is 6. The van der Waals surface area contributed by atoms with Crippen LogP contribution < -0.4 is 5.32 Å². The van der Waals surface area contributed by atoms with E-state index in [0.29, 0.717) is 23.2 Å². The van der Waals surface area contributed by atoms with Crippen molar-refractivity contribution in [2.45, 2.75) is 32.4 Å². The standard InChI is InChI=1S/C14H20ClN3O2/c1-2-17(9-11-5-4-8-16-11)10-12-13(15)6-3-7-14(12)18(19)20/h3,6-7,11,16H,2,4-5,8-10H2,1H3. The maximum atomic E-state index is 11.1. The second kappa shape index (κ2) is 7.02. The molecule has 0 radical (unpaired) electrons. The molecular weight excluding hydrogens is 278 g/mol. The summed E-state index contributed by atoms with van der Waals surface area (Å²) in [6.07, 6.45) is 2.37. The van der Waals surface area contributed by atoms with Gasteiger partial charge in [0.25, 0.3) is 5.69 Å². The Balaban J connectivity index is 2.12. The van der Waals surface area contributed by atoms with Gasteiger partial charge in [0.1, 0.15) is 0 Å². The van der Waals surface area contributed by atoms with Crippen LogP contribution in [0.4, 0.5) is 5.69 Å². The first-order valence-corrected chi connectivity index (χ1v) is 7.37. The van der Waals surface area contributed by atoms with E-state index in [1.54, 1.807) is 12.1 Å². The fraction of sp³-hybridized carbons (Fsp3) is 0.571. The molecule has 0 bridgehead atoms. The molecule has 1 unspecified atom stereocenters. The topological polar surface area (TPSA) is 58.4 Å². The molecule has 1 fully saturated rings. The maximum Gasteiger partial charge on any atom is 0.275 e. The number of likely N-dealkylation sites (N-methyl/N-ethyl adjacent to an activating group) is 1. The second-order valence-electron chi connectivity index (χ2n) is 5.12. The summed E-state index contributed by atoms with van der Waals surface area (Å²) in [5.74, 6) is 0. The number of nitrogens with one attached hydrogen (secondary N) is 1. The van der Waals surface area contributed by atoms with Gasteiger partial charge in [-0.15, -0.1) is 0 Å². The Bertz CT molecular complexity index is 475. The van der Waals surface area contributed by atoms with Crippen LogP contribution in [-0.4, -0.2) is 35.5 Å². The zero-order valence-electron chi connectivity index (χ0n) is 11.6. The molecule has 0 saturated carbocycles. The first-order chi connectivity index (χ1) is 9.61. The first-order valence-electron chi connectivity index (χ1n) is 6.99. The Morgan fingerprint density at radius 2 is 2.35 bits per heavy atom. The summed E-state index contributed by atoms with van der Waals surface area (Å²) in [6, 6.07) is 5.34. The average molecular weight is 298 g/mol. The molecule has 1 saturated heterocycles. The normalized spacial score (nSPS) is 18.6. The number of nitro groups is 1. The van der Waals surface area contributed by atoms with E-state index in [-0.39, 0.29) is 10.6 Å². The monoisotopic (exact) mass is 297 g/mol. The van der Waals surface area contributed by atoms with Crippen LogP contribution in [0.2, 0.25) is 5.02 Å². The van der Waals surface area contributed by atoms with Crippen molar-refractivity contribution < 1.29 is 4.92 Å². The van der Waals surface area contributed by atoms with E-state index in [0.717, 1.165) is 19.6 Å². The lowest BCUT2D eigenvalue weighted by Crippen LogP contribution is -2.37. The second-order valence-corrected chi connectivity index (χ2v) is 5.52. The fourth-order valence-electron chi connectivity index (χ4n) is 2.63. The van der Waals surface area contributed by atoms with Gasteiger partial charge in [0.15, 0.2) is 0 Å². The van der Waals surface area contributed by atoms with Crippen molar-refractivity contribution in [2.75, 3.05) is 19.6 Å². The highest BCUT2D eigenvalue weighted by Gasteiger charge is 2.22. The van der Waals surface area contributed by atoms with Crippen molar-refractivity contribution in [1.29, 1.82) is 0 Å². The molecule has 6 heteroatoms. The smallest absolute Gasteiger partial charge is 0.275 e.